The van der Waals surface area contributed by atoms with Gasteiger partial charge >= 0.3 is 5.95 Å². The molecule has 154 valence electrons. The minimum absolute atomic E-state index is 0.00865. The number of nitrogens with two attached hydrogens (primary N) is 1. The molecule has 6 N–H and O–H groups in total. The largest absolute Gasteiger partial charge is 0.351 e. The molecule has 2 aromatic heterocycles. The maximum Gasteiger partial charge on any atom is 0.351 e. The van der Waals surface area contributed by atoms with Crippen molar-refractivity contribution in [2.24, 2.45) is 5.73 Å². The third kappa shape index (κ3) is 5.24. The summed E-state index contributed by atoms with van der Waals surface area (Å²) >= 11 is 3.58. The van der Waals surface area contributed by atoms with Gasteiger partial charge in [0, 0.05) is 32.4 Å². The van der Waals surface area contributed by atoms with Crippen LogP contribution in [0.3, 0.4) is 0 Å². The van der Waals surface area contributed by atoms with Crippen LogP contribution in [0.1, 0.15) is 26.2 Å². The van der Waals surface area contributed by atoms with E-state index < -0.39 is 0 Å². The number of nitrogens with one attached hydrogen (secondary N) is 4. The number of hydrogen-bond acceptors (Lipinski definition) is 5. The molecule has 1 aromatic carbocycles. The number of H-pyrrole nitrogens is 2. The van der Waals surface area contributed by atoms with Crippen molar-refractivity contribution in [2.45, 2.75) is 26.2 Å². The standard InChI is InChI=1S/C20H26BrN7O/c1-13(29)28(2)15-8-6-14(7-9-15)25-20-26-18(23-11-5-3-4-10-22)17-16(21)12-24-19(17)27-20/h6-9,12H,3-5,10-11,22H2,1-2H3,(H3,23,24,25,26,27)/p+1. The topological polar surface area (TPSA) is 113 Å². The van der Waals surface area contributed by atoms with E-state index in [2.05, 4.69) is 41.5 Å². The molecule has 0 fully saturated rings. The first-order valence-electron chi connectivity index (χ1n) is 9.65. The lowest BCUT2D eigenvalue weighted by molar-refractivity contribution is -0.345. The maximum absolute atomic E-state index is 11.5. The second-order valence-electron chi connectivity index (χ2n) is 6.85. The first kappa shape index (κ1) is 21.1. The molecule has 8 nitrogen and oxygen atoms in total. The van der Waals surface area contributed by atoms with Crippen molar-refractivity contribution in [3.8, 4) is 0 Å². The summed E-state index contributed by atoms with van der Waals surface area (Å²) in [6.45, 7) is 3.11. The van der Waals surface area contributed by atoms with Crippen molar-refractivity contribution in [3.63, 3.8) is 0 Å². The summed E-state index contributed by atoms with van der Waals surface area (Å²) in [7, 11) is 1.75. The number of aromatic amines is 2. The van der Waals surface area contributed by atoms with Gasteiger partial charge in [-0.1, -0.05) is 4.98 Å². The number of unbranched alkanes of at least 4 members (excludes halogenated alkanes) is 2. The van der Waals surface area contributed by atoms with Gasteiger partial charge in [-0.05, 0) is 66.0 Å². The molecule has 0 radical (unpaired) electrons. The van der Waals surface area contributed by atoms with Crippen LogP contribution in [0.5, 0.6) is 0 Å². The van der Waals surface area contributed by atoms with Gasteiger partial charge in [-0.25, -0.2) is 4.98 Å². The van der Waals surface area contributed by atoms with Gasteiger partial charge in [-0.15, -0.1) is 0 Å². The number of benzene rings is 1. The zero-order valence-corrected chi connectivity index (χ0v) is 18.3. The molecule has 0 aliphatic heterocycles. The van der Waals surface area contributed by atoms with Crippen molar-refractivity contribution in [3.05, 3.63) is 34.9 Å². The Morgan fingerprint density at radius 2 is 2.03 bits per heavy atom. The lowest BCUT2D eigenvalue weighted by atomic mass is 10.2. The Morgan fingerprint density at radius 3 is 2.72 bits per heavy atom. The lowest BCUT2D eigenvalue weighted by Gasteiger charge is -2.14. The normalized spacial score (nSPS) is 10.9. The maximum atomic E-state index is 11.5. The van der Waals surface area contributed by atoms with Crippen molar-refractivity contribution in [1.29, 1.82) is 0 Å². The molecule has 0 spiro atoms. The molecule has 2 heterocycles. The van der Waals surface area contributed by atoms with Gasteiger partial charge in [-0.3, -0.25) is 10.1 Å². The number of rotatable bonds is 9. The Bertz CT molecular complexity index is 971. The van der Waals surface area contributed by atoms with Crippen LogP contribution in [0.15, 0.2) is 34.9 Å². The Balaban J connectivity index is 1.78. The van der Waals surface area contributed by atoms with Gasteiger partial charge in [0.25, 0.3) is 0 Å². The summed E-state index contributed by atoms with van der Waals surface area (Å²) in [6, 6.07) is 7.62. The monoisotopic (exact) mass is 460 g/mol. The van der Waals surface area contributed by atoms with Crippen molar-refractivity contribution in [1.82, 2.24) is 9.97 Å². The fourth-order valence-electron chi connectivity index (χ4n) is 2.97. The predicted molar refractivity (Wildman–Crippen MR) is 121 cm³/mol. The molecule has 0 unspecified atom stereocenters. The molecule has 0 saturated heterocycles. The van der Waals surface area contributed by atoms with Crippen LogP contribution in [-0.2, 0) is 4.79 Å². The number of aromatic nitrogens is 3. The second-order valence-corrected chi connectivity index (χ2v) is 7.70. The zero-order valence-electron chi connectivity index (χ0n) is 16.7. The van der Waals surface area contributed by atoms with E-state index in [1.807, 2.05) is 30.5 Å². The molecular formula is C20H27BrN7O+. The van der Waals surface area contributed by atoms with Gasteiger partial charge in [0.2, 0.25) is 17.4 Å². The van der Waals surface area contributed by atoms with E-state index in [4.69, 9.17) is 5.73 Å². The van der Waals surface area contributed by atoms with E-state index in [-0.39, 0.29) is 5.91 Å². The van der Waals surface area contributed by atoms with Crippen LogP contribution in [0.25, 0.3) is 11.0 Å². The molecule has 3 rings (SSSR count). The molecule has 0 aliphatic carbocycles. The van der Waals surface area contributed by atoms with Gasteiger partial charge in [0.15, 0.2) is 0 Å². The van der Waals surface area contributed by atoms with Crippen LogP contribution < -0.4 is 26.3 Å². The molecule has 1 amide bonds. The first-order valence-corrected chi connectivity index (χ1v) is 10.4. The smallest absolute Gasteiger partial charge is 0.335 e. The van der Waals surface area contributed by atoms with Gasteiger partial charge in [0.05, 0.1) is 10.2 Å². The highest BCUT2D eigenvalue weighted by Crippen LogP contribution is 2.28. The number of amides is 1. The number of halogens is 1. The SMILES string of the molecule is CC(=O)N(C)c1ccc(Nc2nc3[nH]cc(Br)c3c(NCCCCCN)[nH+]2)cc1. The van der Waals surface area contributed by atoms with E-state index in [0.29, 0.717) is 5.95 Å². The van der Waals surface area contributed by atoms with Crippen LogP contribution in [0.2, 0.25) is 0 Å². The van der Waals surface area contributed by atoms with Crippen molar-refractivity contribution < 1.29 is 9.78 Å². The molecule has 3 aromatic rings. The highest BCUT2D eigenvalue weighted by atomic mass is 79.9. The van der Waals surface area contributed by atoms with E-state index in [1.165, 1.54) is 0 Å². The lowest BCUT2D eigenvalue weighted by Crippen LogP contribution is -2.22. The molecule has 0 aliphatic rings. The quantitative estimate of drug-likeness (QED) is 0.365. The second kappa shape index (κ2) is 9.71. The van der Waals surface area contributed by atoms with Crippen molar-refractivity contribution in [2.75, 3.05) is 35.7 Å². The van der Waals surface area contributed by atoms with Gasteiger partial charge < -0.3 is 20.9 Å². The zero-order chi connectivity index (χ0) is 20.8. The van der Waals surface area contributed by atoms with Gasteiger partial charge in [0.1, 0.15) is 5.39 Å². The molecular weight excluding hydrogens is 434 g/mol. The summed E-state index contributed by atoms with van der Waals surface area (Å²) in [6.07, 6.45) is 5.05. The Hall–Kier alpha value is -2.65. The Morgan fingerprint density at radius 1 is 1.28 bits per heavy atom. The first-order chi connectivity index (χ1) is 14.0. The molecule has 29 heavy (non-hydrogen) atoms. The van der Waals surface area contributed by atoms with Gasteiger partial charge in [-0.2, -0.15) is 0 Å². The minimum Gasteiger partial charge on any atom is -0.335 e. The highest BCUT2D eigenvalue weighted by Gasteiger charge is 2.17. The minimum atomic E-state index is -0.00865. The van der Waals surface area contributed by atoms with Crippen LogP contribution in [0, 0.1) is 0 Å². The summed E-state index contributed by atoms with van der Waals surface area (Å²) in [5.74, 6) is 1.50. The fourth-order valence-corrected chi connectivity index (χ4v) is 3.47. The average Bonchev–Trinajstić information content (AvgIpc) is 3.08. The number of nitrogens with zero attached hydrogens (tertiary/aromatic N) is 2. The third-order valence-corrected chi connectivity index (χ3v) is 5.33. The van der Waals surface area contributed by atoms with Crippen LogP contribution in [-0.4, -0.2) is 36.0 Å². The summed E-state index contributed by atoms with van der Waals surface area (Å²) in [4.78, 5) is 24.2. The molecule has 0 bridgehead atoms. The van der Waals surface area contributed by atoms with Crippen LogP contribution in [0.4, 0.5) is 23.1 Å². The summed E-state index contributed by atoms with van der Waals surface area (Å²) in [5.41, 5.74) is 8.04. The number of carbonyl (C=O) groups excluding carboxylic acids is 1. The summed E-state index contributed by atoms with van der Waals surface area (Å²) < 4.78 is 0.948. The van der Waals surface area contributed by atoms with E-state index in [0.717, 1.165) is 65.1 Å². The van der Waals surface area contributed by atoms with Crippen molar-refractivity contribution >= 4 is 56.0 Å². The number of fused-ring (bicyclic) bond motifs is 1. The predicted octanol–water partition coefficient (Wildman–Crippen LogP) is 3.41. The van der Waals surface area contributed by atoms with Crippen LogP contribution >= 0.6 is 15.9 Å². The fraction of sp³-hybridized carbons (Fsp3) is 0.350. The summed E-state index contributed by atoms with van der Waals surface area (Å²) in [5, 5.41) is 7.73. The molecule has 0 saturated carbocycles. The van der Waals surface area contributed by atoms with E-state index in [1.54, 1.807) is 18.9 Å². The number of carbonyl (C=O) groups is 1. The van der Waals surface area contributed by atoms with E-state index >= 15 is 0 Å². The average molecular weight is 461 g/mol. The number of anilines is 4. The van der Waals surface area contributed by atoms with E-state index in [9.17, 15) is 4.79 Å². The molecule has 0 atom stereocenters. The third-order valence-electron chi connectivity index (χ3n) is 4.70. The molecule has 9 heteroatoms. The highest BCUT2D eigenvalue weighted by molar-refractivity contribution is 9.10. The Kier molecular flexibility index (Phi) is 7.05. The number of hydrogen-bond donors (Lipinski definition) is 4. The Labute approximate surface area is 178 Å².